The maximum absolute atomic E-state index is 12.2. The highest BCUT2D eigenvalue weighted by atomic mass is 16.5. The van der Waals surface area contributed by atoms with E-state index in [4.69, 9.17) is 4.52 Å². The maximum atomic E-state index is 12.2. The molecule has 2 aromatic rings. The van der Waals surface area contributed by atoms with Crippen LogP contribution in [0.25, 0.3) is 11.3 Å². The van der Waals surface area contributed by atoms with Gasteiger partial charge in [0, 0.05) is 11.6 Å². The van der Waals surface area contributed by atoms with E-state index in [2.05, 4.69) is 10.5 Å². The minimum absolute atomic E-state index is 0.0442. The number of hydrogen-bond donors (Lipinski definition) is 2. The molecule has 2 N–H and O–H groups in total. The van der Waals surface area contributed by atoms with E-state index in [0.29, 0.717) is 17.4 Å². The molecule has 1 aromatic carbocycles. The van der Waals surface area contributed by atoms with Crippen molar-refractivity contribution >= 4 is 5.91 Å². The van der Waals surface area contributed by atoms with Crippen molar-refractivity contribution in [2.75, 3.05) is 6.61 Å². The fraction of sp³-hybridized carbons (Fsp3) is 0.412. The Kier molecular flexibility index (Phi) is 3.98. The molecule has 116 valence electrons. The first-order valence-electron chi connectivity index (χ1n) is 7.53. The Morgan fingerprint density at radius 1 is 1.41 bits per heavy atom. The largest absolute Gasteiger partial charge is 0.394 e. The van der Waals surface area contributed by atoms with Crippen LogP contribution < -0.4 is 5.32 Å². The summed E-state index contributed by atoms with van der Waals surface area (Å²) in [5.74, 6) is 0.880. The van der Waals surface area contributed by atoms with Crippen molar-refractivity contribution in [2.24, 2.45) is 5.92 Å². The quantitative estimate of drug-likeness (QED) is 0.857. The summed E-state index contributed by atoms with van der Waals surface area (Å²) < 4.78 is 5.29. The van der Waals surface area contributed by atoms with Crippen molar-refractivity contribution < 1.29 is 14.4 Å². The van der Waals surface area contributed by atoms with Crippen molar-refractivity contribution in [3.05, 3.63) is 42.1 Å². The zero-order valence-electron chi connectivity index (χ0n) is 12.6. The van der Waals surface area contributed by atoms with Crippen molar-refractivity contribution in [2.45, 2.75) is 31.7 Å². The molecule has 0 aliphatic heterocycles. The Hall–Kier alpha value is -2.14. The molecule has 22 heavy (non-hydrogen) atoms. The number of rotatable bonds is 6. The van der Waals surface area contributed by atoms with E-state index in [1.54, 1.807) is 6.07 Å². The van der Waals surface area contributed by atoms with Gasteiger partial charge in [0.15, 0.2) is 5.76 Å². The van der Waals surface area contributed by atoms with Gasteiger partial charge < -0.3 is 14.9 Å². The molecule has 5 nitrogen and oxygen atoms in total. The molecule has 1 aromatic heterocycles. The standard InChI is InChI=1S/C17H20N2O3/c1-17(11-20,13-7-8-13)18-16(21)10-14-9-15(22-19-14)12-5-3-2-4-6-12/h2-6,9,13,20H,7-8,10-11H2,1H3,(H,18,21). The van der Waals surface area contributed by atoms with Gasteiger partial charge in [-0.2, -0.15) is 0 Å². The highest BCUT2D eigenvalue weighted by Gasteiger charge is 2.42. The van der Waals surface area contributed by atoms with Gasteiger partial charge in [-0.05, 0) is 25.7 Å². The van der Waals surface area contributed by atoms with E-state index in [9.17, 15) is 9.90 Å². The number of carbonyl (C=O) groups excluding carboxylic acids is 1. The van der Waals surface area contributed by atoms with E-state index in [1.807, 2.05) is 37.3 Å². The van der Waals surface area contributed by atoms with Crippen LogP contribution >= 0.6 is 0 Å². The van der Waals surface area contributed by atoms with E-state index in [1.165, 1.54) is 0 Å². The second-order valence-electron chi connectivity index (χ2n) is 6.12. The Labute approximate surface area is 129 Å². The second kappa shape index (κ2) is 5.93. The van der Waals surface area contributed by atoms with Crippen molar-refractivity contribution in [1.29, 1.82) is 0 Å². The number of amides is 1. The molecule has 1 atom stereocenters. The molecule has 1 aliphatic carbocycles. The normalized spacial score (nSPS) is 17.0. The SMILES string of the molecule is CC(CO)(NC(=O)Cc1cc(-c2ccccc2)on1)C1CC1. The van der Waals surface area contributed by atoms with Gasteiger partial charge in [-0.15, -0.1) is 0 Å². The van der Waals surface area contributed by atoms with Gasteiger partial charge in [0.25, 0.3) is 0 Å². The molecule has 1 heterocycles. The lowest BCUT2D eigenvalue weighted by Crippen LogP contribution is -2.51. The number of aliphatic hydroxyl groups excluding tert-OH is 1. The molecule has 1 fully saturated rings. The van der Waals surface area contributed by atoms with Crippen LogP contribution in [0, 0.1) is 5.92 Å². The van der Waals surface area contributed by atoms with Gasteiger partial charge >= 0.3 is 0 Å². The highest BCUT2D eigenvalue weighted by molar-refractivity contribution is 5.79. The summed E-state index contributed by atoms with van der Waals surface area (Å²) in [7, 11) is 0. The van der Waals surface area contributed by atoms with Crippen molar-refractivity contribution in [3.63, 3.8) is 0 Å². The number of benzene rings is 1. The summed E-state index contributed by atoms with van der Waals surface area (Å²) in [5, 5.41) is 16.4. The zero-order chi connectivity index (χ0) is 15.6. The number of aromatic nitrogens is 1. The molecule has 0 bridgehead atoms. The number of nitrogens with zero attached hydrogens (tertiary/aromatic N) is 1. The summed E-state index contributed by atoms with van der Waals surface area (Å²) in [4.78, 5) is 12.2. The highest BCUT2D eigenvalue weighted by Crippen LogP contribution is 2.39. The molecular formula is C17H20N2O3. The van der Waals surface area contributed by atoms with Crippen LogP contribution in [-0.4, -0.2) is 28.3 Å². The molecule has 0 radical (unpaired) electrons. The Morgan fingerprint density at radius 3 is 2.77 bits per heavy atom. The first-order chi connectivity index (χ1) is 10.6. The van der Waals surface area contributed by atoms with Crippen LogP contribution in [0.5, 0.6) is 0 Å². The lowest BCUT2D eigenvalue weighted by atomic mass is 9.96. The van der Waals surface area contributed by atoms with Gasteiger partial charge in [-0.3, -0.25) is 4.79 Å². The fourth-order valence-electron chi connectivity index (χ4n) is 2.65. The molecule has 0 spiro atoms. The lowest BCUT2D eigenvalue weighted by molar-refractivity contribution is -0.123. The van der Waals surface area contributed by atoms with E-state index < -0.39 is 5.54 Å². The van der Waals surface area contributed by atoms with Crippen molar-refractivity contribution in [3.8, 4) is 11.3 Å². The summed E-state index contributed by atoms with van der Waals surface area (Å²) >= 11 is 0. The lowest BCUT2D eigenvalue weighted by Gasteiger charge is -2.28. The van der Waals surface area contributed by atoms with Gasteiger partial charge in [0.05, 0.1) is 24.3 Å². The Balaban J connectivity index is 1.64. The maximum Gasteiger partial charge on any atom is 0.226 e. The zero-order valence-corrected chi connectivity index (χ0v) is 12.6. The Bertz CT molecular complexity index is 649. The van der Waals surface area contributed by atoms with Crippen LogP contribution in [0.4, 0.5) is 0 Å². The minimum atomic E-state index is -0.525. The minimum Gasteiger partial charge on any atom is -0.394 e. The van der Waals surface area contributed by atoms with Crippen LogP contribution in [0.1, 0.15) is 25.5 Å². The third-order valence-corrected chi connectivity index (χ3v) is 4.19. The third-order valence-electron chi connectivity index (χ3n) is 4.19. The van der Waals surface area contributed by atoms with Gasteiger partial charge in [0.1, 0.15) is 0 Å². The van der Waals surface area contributed by atoms with E-state index in [0.717, 1.165) is 18.4 Å². The van der Waals surface area contributed by atoms with Crippen molar-refractivity contribution in [1.82, 2.24) is 10.5 Å². The first kappa shape index (κ1) is 14.8. The predicted octanol–water partition coefficient (Wildman–Crippen LogP) is 2.16. The molecule has 1 amide bonds. The second-order valence-corrected chi connectivity index (χ2v) is 6.12. The average Bonchev–Trinajstić information content (AvgIpc) is 3.29. The van der Waals surface area contributed by atoms with Crippen LogP contribution in [-0.2, 0) is 11.2 Å². The smallest absolute Gasteiger partial charge is 0.226 e. The topological polar surface area (TPSA) is 75.4 Å². The number of hydrogen-bond acceptors (Lipinski definition) is 4. The predicted molar refractivity (Wildman–Crippen MR) is 82.0 cm³/mol. The number of aliphatic hydroxyl groups is 1. The average molecular weight is 300 g/mol. The molecule has 0 saturated heterocycles. The van der Waals surface area contributed by atoms with Gasteiger partial charge in [0.2, 0.25) is 5.91 Å². The Morgan fingerprint density at radius 2 is 2.14 bits per heavy atom. The molecular weight excluding hydrogens is 280 g/mol. The van der Waals surface area contributed by atoms with Crippen LogP contribution in [0.15, 0.2) is 40.9 Å². The van der Waals surface area contributed by atoms with Crippen LogP contribution in [0.3, 0.4) is 0 Å². The third kappa shape index (κ3) is 3.20. The number of nitrogens with one attached hydrogen (secondary N) is 1. The summed E-state index contributed by atoms with van der Waals surface area (Å²) in [6, 6.07) is 11.4. The number of carbonyl (C=O) groups is 1. The van der Waals surface area contributed by atoms with Gasteiger partial charge in [-0.1, -0.05) is 35.5 Å². The van der Waals surface area contributed by atoms with Crippen LogP contribution in [0.2, 0.25) is 0 Å². The fourth-order valence-corrected chi connectivity index (χ4v) is 2.65. The first-order valence-corrected chi connectivity index (χ1v) is 7.53. The van der Waals surface area contributed by atoms with Gasteiger partial charge in [-0.25, -0.2) is 0 Å². The molecule has 1 aliphatic rings. The molecule has 3 rings (SSSR count). The summed E-state index contributed by atoms with van der Waals surface area (Å²) in [5.41, 5.74) is 0.996. The van der Waals surface area contributed by atoms with E-state index in [-0.39, 0.29) is 18.9 Å². The van der Waals surface area contributed by atoms with E-state index >= 15 is 0 Å². The molecule has 5 heteroatoms. The summed E-state index contributed by atoms with van der Waals surface area (Å²) in [6.07, 6.45) is 2.26. The molecule has 1 unspecified atom stereocenters. The molecule has 1 saturated carbocycles. The summed E-state index contributed by atoms with van der Waals surface area (Å²) in [6.45, 7) is 1.85. The monoisotopic (exact) mass is 300 g/mol.